The standard InChI is InChI=1S/C11H8F2N2O4/c1-18-10(16)6-3-2-4-7(5-6)15-11(17)19-9(14-15)8(12)13/h2-5,8H,1H3. The molecule has 8 heteroatoms. The number of hydrogen-bond donors (Lipinski definition) is 0. The van der Waals surface area contributed by atoms with Gasteiger partial charge in [-0.1, -0.05) is 6.07 Å². The number of esters is 1. The number of nitrogens with zero attached hydrogens (tertiary/aromatic N) is 2. The van der Waals surface area contributed by atoms with Crippen molar-refractivity contribution in [3.05, 3.63) is 46.3 Å². The van der Waals surface area contributed by atoms with Gasteiger partial charge in [-0.05, 0) is 18.2 Å². The van der Waals surface area contributed by atoms with E-state index in [-0.39, 0.29) is 11.3 Å². The topological polar surface area (TPSA) is 74.3 Å². The Kier molecular flexibility index (Phi) is 3.41. The molecule has 0 unspecified atom stereocenters. The van der Waals surface area contributed by atoms with Crippen LogP contribution in [0.15, 0.2) is 33.5 Å². The summed E-state index contributed by atoms with van der Waals surface area (Å²) in [4.78, 5) is 22.7. The Morgan fingerprint density at radius 3 is 2.79 bits per heavy atom. The molecule has 2 rings (SSSR count). The molecule has 2 aromatic rings. The molecule has 0 atom stereocenters. The zero-order valence-electron chi connectivity index (χ0n) is 9.67. The Balaban J connectivity index is 2.47. The summed E-state index contributed by atoms with van der Waals surface area (Å²) < 4.78 is 34.2. The van der Waals surface area contributed by atoms with E-state index in [1.807, 2.05) is 0 Å². The smallest absolute Gasteiger partial charge is 0.442 e. The Bertz CT molecular complexity index is 663. The summed E-state index contributed by atoms with van der Waals surface area (Å²) in [6, 6.07) is 5.62. The van der Waals surface area contributed by atoms with Gasteiger partial charge in [0, 0.05) is 0 Å². The molecule has 0 bridgehead atoms. The van der Waals surface area contributed by atoms with Crippen molar-refractivity contribution in [2.75, 3.05) is 7.11 Å². The molecule has 0 N–H and O–H groups in total. The fraction of sp³-hybridized carbons (Fsp3) is 0.182. The van der Waals surface area contributed by atoms with Gasteiger partial charge in [0.05, 0.1) is 18.4 Å². The molecule has 1 heterocycles. The zero-order valence-corrected chi connectivity index (χ0v) is 9.67. The maximum Gasteiger partial charge on any atom is 0.442 e. The lowest BCUT2D eigenvalue weighted by molar-refractivity contribution is 0.0600. The summed E-state index contributed by atoms with van der Waals surface area (Å²) in [7, 11) is 1.20. The quantitative estimate of drug-likeness (QED) is 0.791. The summed E-state index contributed by atoms with van der Waals surface area (Å²) in [5.41, 5.74) is 0.289. The third kappa shape index (κ3) is 2.51. The first-order valence-electron chi connectivity index (χ1n) is 5.10. The Hall–Kier alpha value is -2.51. The van der Waals surface area contributed by atoms with Crippen molar-refractivity contribution in [1.82, 2.24) is 9.78 Å². The molecule has 0 saturated carbocycles. The Morgan fingerprint density at radius 1 is 1.47 bits per heavy atom. The second kappa shape index (κ2) is 5.01. The van der Waals surface area contributed by atoms with Crippen LogP contribution < -0.4 is 5.76 Å². The lowest BCUT2D eigenvalue weighted by atomic mass is 10.2. The van der Waals surface area contributed by atoms with Crippen LogP contribution in [-0.4, -0.2) is 22.9 Å². The van der Waals surface area contributed by atoms with Gasteiger partial charge in [0.2, 0.25) is 0 Å². The van der Waals surface area contributed by atoms with E-state index in [1.165, 1.54) is 31.4 Å². The average molecular weight is 270 g/mol. The zero-order chi connectivity index (χ0) is 14.0. The number of methoxy groups -OCH3 is 1. The minimum atomic E-state index is -2.99. The van der Waals surface area contributed by atoms with Crippen LogP contribution in [0.1, 0.15) is 22.7 Å². The highest BCUT2D eigenvalue weighted by molar-refractivity contribution is 5.89. The van der Waals surface area contributed by atoms with Crippen LogP contribution in [0.2, 0.25) is 0 Å². The third-order valence-corrected chi connectivity index (χ3v) is 2.26. The molecule has 0 radical (unpaired) electrons. The van der Waals surface area contributed by atoms with Gasteiger partial charge in [0.15, 0.2) is 0 Å². The van der Waals surface area contributed by atoms with E-state index in [1.54, 1.807) is 0 Å². The summed E-state index contributed by atoms with van der Waals surface area (Å²) in [5.74, 6) is -2.65. The van der Waals surface area contributed by atoms with Crippen LogP contribution in [0.3, 0.4) is 0 Å². The highest BCUT2D eigenvalue weighted by Gasteiger charge is 2.18. The summed E-state index contributed by atoms with van der Waals surface area (Å²) in [6.45, 7) is 0. The number of carbonyl (C=O) groups is 1. The number of carbonyl (C=O) groups excluding carboxylic acids is 1. The molecule has 0 amide bonds. The fourth-order valence-electron chi connectivity index (χ4n) is 1.43. The van der Waals surface area contributed by atoms with E-state index in [4.69, 9.17) is 0 Å². The van der Waals surface area contributed by atoms with Crippen LogP contribution in [0.5, 0.6) is 0 Å². The number of rotatable bonds is 3. The highest BCUT2D eigenvalue weighted by Crippen LogP contribution is 2.16. The molecule has 6 nitrogen and oxygen atoms in total. The molecule has 0 fully saturated rings. The fourth-order valence-corrected chi connectivity index (χ4v) is 1.43. The van der Waals surface area contributed by atoms with Gasteiger partial charge in [-0.2, -0.15) is 13.5 Å². The van der Waals surface area contributed by atoms with E-state index in [2.05, 4.69) is 14.3 Å². The SMILES string of the molecule is COC(=O)c1cccc(-n2nc(C(F)F)oc2=O)c1. The molecule has 1 aromatic carbocycles. The van der Waals surface area contributed by atoms with Gasteiger partial charge in [-0.3, -0.25) is 0 Å². The maximum atomic E-state index is 12.4. The molecule has 0 saturated heterocycles. The van der Waals surface area contributed by atoms with Crippen molar-refractivity contribution in [3.63, 3.8) is 0 Å². The summed E-state index contributed by atoms with van der Waals surface area (Å²) in [6.07, 6.45) is -2.99. The summed E-state index contributed by atoms with van der Waals surface area (Å²) >= 11 is 0. The van der Waals surface area contributed by atoms with Gasteiger partial charge in [-0.15, -0.1) is 5.10 Å². The number of alkyl halides is 2. The second-order valence-electron chi connectivity index (χ2n) is 3.46. The molecule has 1 aromatic heterocycles. The number of aromatic nitrogens is 2. The molecule has 100 valence electrons. The predicted molar refractivity (Wildman–Crippen MR) is 58.4 cm³/mol. The first-order chi connectivity index (χ1) is 9.02. The van der Waals surface area contributed by atoms with Crippen molar-refractivity contribution in [2.24, 2.45) is 0 Å². The van der Waals surface area contributed by atoms with Gasteiger partial charge in [0.25, 0.3) is 5.89 Å². The molecule has 0 spiro atoms. The lowest BCUT2D eigenvalue weighted by Gasteiger charge is -2.02. The van der Waals surface area contributed by atoms with Gasteiger partial charge in [0.1, 0.15) is 0 Å². The number of benzene rings is 1. The second-order valence-corrected chi connectivity index (χ2v) is 3.46. The molecule has 0 aliphatic heterocycles. The molecule has 0 aliphatic rings. The van der Waals surface area contributed by atoms with Crippen LogP contribution >= 0.6 is 0 Å². The lowest BCUT2D eigenvalue weighted by Crippen LogP contribution is -2.14. The van der Waals surface area contributed by atoms with E-state index in [0.29, 0.717) is 4.68 Å². The highest BCUT2D eigenvalue weighted by atomic mass is 19.3. The van der Waals surface area contributed by atoms with E-state index < -0.39 is 24.0 Å². The minimum Gasteiger partial charge on any atom is -0.465 e. The van der Waals surface area contributed by atoms with Gasteiger partial charge < -0.3 is 9.15 Å². The van der Waals surface area contributed by atoms with Crippen molar-refractivity contribution in [1.29, 1.82) is 0 Å². The number of ether oxygens (including phenoxy) is 1. The first-order valence-corrected chi connectivity index (χ1v) is 5.10. The largest absolute Gasteiger partial charge is 0.465 e. The van der Waals surface area contributed by atoms with Crippen LogP contribution in [-0.2, 0) is 4.74 Å². The predicted octanol–water partition coefficient (Wildman–Crippen LogP) is 1.55. The van der Waals surface area contributed by atoms with Crippen molar-refractivity contribution < 1.29 is 22.7 Å². The van der Waals surface area contributed by atoms with Crippen molar-refractivity contribution >= 4 is 5.97 Å². The molecule has 0 aliphatic carbocycles. The van der Waals surface area contributed by atoms with E-state index >= 15 is 0 Å². The average Bonchev–Trinajstić information content (AvgIpc) is 2.80. The van der Waals surface area contributed by atoms with Crippen molar-refractivity contribution in [2.45, 2.75) is 6.43 Å². The molecule has 19 heavy (non-hydrogen) atoms. The van der Waals surface area contributed by atoms with Gasteiger partial charge >= 0.3 is 18.2 Å². The minimum absolute atomic E-state index is 0.128. The monoisotopic (exact) mass is 270 g/mol. The maximum absolute atomic E-state index is 12.4. The first kappa shape index (κ1) is 12.9. The van der Waals surface area contributed by atoms with E-state index in [9.17, 15) is 18.4 Å². The van der Waals surface area contributed by atoms with Gasteiger partial charge in [-0.25, -0.2) is 9.59 Å². The molecular formula is C11H8F2N2O4. The summed E-state index contributed by atoms with van der Waals surface area (Å²) in [5, 5.41) is 3.34. The number of halogens is 2. The Morgan fingerprint density at radius 2 is 2.21 bits per heavy atom. The third-order valence-electron chi connectivity index (χ3n) is 2.26. The Labute approximate surface area is 105 Å². The molecular weight excluding hydrogens is 262 g/mol. The normalized spacial score (nSPS) is 10.7. The van der Waals surface area contributed by atoms with Crippen molar-refractivity contribution in [3.8, 4) is 5.69 Å². The van der Waals surface area contributed by atoms with Crippen LogP contribution in [0.4, 0.5) is 8.78 Å². The van der Waals surface area contributed by atoms with Crippen LogP contribution in [0, 0.1) is 0 Å². The number of hydrogen-bond acceptors (Lipinski definition) is 5. The van der Waals surface area contributed by atoms with E-state index in [0.717, 1.165) is 0 Å². The van der Waals surface area contributed by atoms with Crippen LogP contribution in [0.25, 0.3) is 5.69 Å².